The predicted octanol–water partition coefficient (Wildman–Crippen LogP) is 3.27. The molecule has 0 aliphatic carbocycles. The van der Waals surface area contributed by atoms with Gasteiger partial charge in [0.25, 0.3) is 0 Å². The van der Waals surface area contributed by atoms with Gasteiger partial charge in [-0.2, -0.15) is 0 Å². The average Bonchev–Trinajstić information content (AvgIpc) is 2.67. The van der Waals surface area contributed by atoms with Gasteiger partial charge in [0.05, 0.1) is 0 Å². The van der Waals surface area contributed by atoms with E-state index < -0.39 is 0 Å². The molecular weight excluding hydrogens is 231 g/mol. The normalized spacial score (nSPS) is 10.9. The summed E-state index contributed by atoms with van der Waals surface area (Å²) in [5.74, 6) is 0.695. The molecule has 3 aromatic rings. The Morgan fingerprint density at radius 1 is 1.18 bits per heavy atom. The summed E-state index contributed by atoms with van der Waals surface area (Å²) in [5, 5.41) is 11.0. The zero-order valence-corrected chi connectivity index (χ0v) is 10.1. The maximum Gasteiger partial charge on any atom is 0.569 e. The van der Waals surface area contributed by atoms with Gasteiger partial charge in [0.15, 0.2) is 0 Å². The third-order valence-corrected chi connectivity index (χ3v) is 3.91. The molecule has 2 aromatic carbocycles. The van der Waals surface area contributed by atoms with E-state index in [9.17, 15) is 0 Å². The largest absolute Gasteiger partial charge is 0.569 e. The van der Waals surface area contributed by atoms with Crippen LogP contribution in [0.15, 0.2) is 36.4 Å². The van der Waals surface area contributed by atoms with Crippen molar-refractivity contribution in [2.45, 2.75) is 6.92 Å². The van der Waals surface area contributed by atoms with Gasteiger partial charge in [0.2, 0.25) is 0 Å². The first-order valence-corrected chi connectivity index (χ1v) is 6.15. The van der Waals surface area contributed by atoms with E-state index in [-0.39, 0.29) is 0 Å². The van der Waals surface area contributed by atoms with Crippen molar-refractivity contribution in [1.29, 1.82) is 0 Å². The van der Waals surface area contributed by atoms with Crippen LogP contribution in [0, 0.1) is 6.92 Å². The Morgan fingerprint density at radius 2 is 2.06 bits per heavy atom. The second-order valence-corrected chi connectivity index (χ2v) is 5.04. The minimum Gasteiger partial charge on any atom is -0.537 e. The van der Waals surface area contributed by atoms with Crippen molar-refractivity contribution in [3.8, 4) is 5.75 Å². The fourth-order valence-electron chi connectivity index (χ4n) is 2.06. The summed E-state index contributed by atoms with van der Waals surface area (Å²) in [6.07, 6.45) is 0. The molecule has 0 saturated heterocycles. The maximum atomic E-state index is 8.79. The number of fused-ring (bicyclic) bond motifs is 3. The summed E-state index contributed by atoms with van der Waals surface area (Å²) < 4.78 is 7.57. The minimum absolute atomic E-state index is 0.695. The van der Waals surface area contributed by atoms with Crippen LogP contribution in [0.2, 0.25) is 0 Å². The van der Waals surface area contributed by atoms with Crippen LogP contribution in [0.3, 0.4) is 0 Å². The van der Waals surface area contributed by atoms with Crippen LogP contribution in [0.1, 0.15) is 5.56 Å². The Kier molecular flexibility index (Phi) is 2.54. The first-order valence-electron chi connectivity index (χ1n) is 5.34. The van der Waals surface area contributed by atoms with Crippen molar-refractivity contribution in [2.24, 2.45) is 0 Å². The van der Waals surface area contributed by atoms with E-state index in [1.807, 2.05) is 12.1 Å². The zero-order valence-electron chi connectivity index (χ0n) is 9.31. The van der Waals surface area contributed by atoms with Gasteiger partial charge in [0, 0.05) is 20.2 Å². The van der Waals surface area contributed by atoms with Crippen LogP contribution < -0.4 is 4.65 Å². The first-order chi connectivity index (χ1) is 8.29. The van der Waals surface area contributed by atoms with Gasteiger partial charge in [-0.1, -0.05) is 18.2 Å². The first kappa shape index (κ1) is 10.6. The molecule has 4 heteroatoms. The molecule has 0 amide bonds. The highest BCUT2D eigenvalue weighted by molar-refractivity contribution is 7.25. The Balaban J connectivity index is 2.40. The van der Waals surface area contributed by atoms with Gasteiger partial charge >= 0.3 is 7.69 Å². The highest BCUT2D eigenvalue weighted by Gasteiger charge is 2.10. The van der Waals surface area contributed by atoms with E-state index in [1.54, 1.807) is 11.3 Å². The number of benzene rings is 2. The quantitative estimate of drug-likeness (QED) is 0.697. The number of aryl methyl sites for hydroxylation is 1. The molecule has 2 nitrogen and oxygen atoms in total. The maximum absolute atomic E-state index is 8.79. The van der Waals surface area contributed by atoms with Gasteiger partial charge in [0.1, 0.15) is 5.75 Å². The second-order valence-electron chi connectivity index (χ2n) is 3.95. The molecule has 0 atom stereocenters. The van der Waals surface area contributed by atoms with E-state index in [4.69, 9.17) is 9.68 Å². The lowest BCUT2D eigenvalue weighted by Gasteiger charge is -2.03. The standard InChI is InChI=1S/C13H10BO2S/c1-8-5-6-9-12(7-8)17-11-4-2-3-10(13(9)11)16-14-15/h2-7,15H,1H3. The van der Waals surface area contributed by atoms with E-state index >= 15 is 0 Å². The van der Waals surface area contributed by atoms with Crippen LogP contribution >= 0.6 is 11.3 Å². The Bertz CT molecular complexity index is 690. The molecular formula is C13H10BO2S. The molecule has 83 valence electrons. The van der Waals surface area contributed by atoms with E-state index in [0.29, 0.717) is 5.75 Å². The lowest BCUT2D eigenvalue weighted by atomic mass is 10.1. The summed E-state index contributed by atoms with van der Waals surface area (Å²) in [6, 6.07) is 12.2. The fourth-order valence-corrected chi connectivity index (χ4v) is 3.28. The second kappa shape index (κ2) is 4.06. The lowest BCUT2D eigenvalue weighted by molar-refractivity contribution is 0.457. The van der Waals surface area contributed by atoms with Crippen molar-refractivity contribution in [2.75, 3.05) is 0 Å². The van der Waals surface area contributed by atoms with Gasteiger partial charge in [-0.25, -0.2) is 0 Å². The van der Waals surface area contributed by atoms with Crippen molar-refractivity contribution in [1.82, 2.24) is 0 Å². The van der Waals surface area contributed by atoms with Crippen molar-refractivity contribution in [3.63, 3.8) is 0 Å². The van der Waals surface area contributed by atoms with Crippen LogP contribution in [-0.4, -0.2) is 12.7 Å². The molecule has 1 radical (unpaired) electrons. The van der Waals surface area contributed by atoms with Gasteiger partial charge in [-0.3, -0.25) is 0 Å². The summed E-state index contributed by atoms with van der Waals surface area (Å²) in [6.45, 7) is 2.09. The predicted molar refractivity (Wildman–Crippen MR) is 72.7 cm³/mol. The molecule has 0 saturated carbocycles. The van der Waals surface area contributed by atoms with Crippen molar-refractivity contribution in [3.05, 3.63) is 42.0 Å². The molecule has 17 heavy (non-hydrogen) atoms. The van der Waals surface area contributed by atoms with E-state index in [2.05, 4.69) is 31.2 Å². The van der Waals surface area contributed by atoms with Gasteiger partial charge in [-0.15, -0.1) is 11.3 Å². The van der Waals surface area contributed by atoms with Crippen molar-refractivity contribution < 1.29 is 9.68 Å². The number of rotatable bonds is 2. The minimum atomic E-state index is 0.695. The van der Waals surface area contributed by atoms with Crippen LogP contribution in [0.5, 0.6) is 5.75 Å². The van der Waals surface area contributed by atoms with Crippen LogP contribution in [0.25, 0.3) is 20.2 Å². The number of hydrogen-bond donors (Lipinski definition) is 1. The fraction of sp³-hybridized carbons (Fsp3) is 0.0769. The number of thiophene rings is 1. The monoisotopic (exact) mass is 241 g/mol. The number of hydrogen-bond acceptors (Lipinski definition) is 3. The molecule has 1 N–H and O–H groups in total. The Labute approximate surface area is 104 Å². The summed E-state index contributed by atoms with van der Waals surface area (Å²) >= 11 is 1.74. The van der Waals surface area contributed by atoms with Gasteiger partial charge < -0.3 is 9.68 Å². The topological polar surface area (TPSA) is 29.5 Å². The van der Waals surface area contributed by atoms with Crippen LogP contribution in [-0.2, 0) is 0 Å². The molecule has 1 heterocycles. The molecule has 0 bridgehead atoms. The lowest BCUT2D eigenvalue weighted by Crippen LogP contribution is -1.99. The van der Waals surface area contributed by atoms with E-state index in [0.717, 1.165) is 13.1 Å². The van der Waals surface area contributed by atoms with E-state index in [1.165, 1.54) is 20.3 Å². The SMILES string of the molecule is Cc1ccc2c(c1)sc1cccc(O[B]O)c12. The molecule has 0 aliphatic heterocycles. The zero-order chi connectivity index (χ0) is 11.8. The molecule has 0 spiro atoms. The Morgan fingerprint density at radius 3 is 2.88 bits per heavy atom. The highest BCUT2D eigenvalue weighted by atomic mass is 32.1. The van der Waals surface area contributed by atoms with Crippen molar-refractivity contribution >= 4 is 39.2 Å². The third kappa shape index (κ3) is 1.70. The molecule has 0 aliphatic rings. The molecule has 3 rings (SSSR count). The molecule has 0 fully saturated rings. The molecule has 0 unspecified atom stereocenters. The third-order valence-electron chi connectivity index (χ3n) is 2.79. The summed E-state index contributed by atoms with van der Waals surface area (Å²) in [5.41, 5.74) is 1.25. The molecule has 1 aromatic heterocycles. The van der Waals surface area contributed by atoms with Crippen LogP contribution in [0.4, 0.5) is 0 Å². The summed E-state index contributed by atoms with van der Waals surface area (Å²) in [4.78, 5) is 0. The summed E-state index contributed by atoms with van der Waals surface area (Å²) in [7, 11) is 0.729. The Hall–Kier alpha value is -1.52. The van der Waals surface area contributed by atoms with Gasteiger partial charge in [-0.05, 0) is 30.7 Å². The highest BCUT2D eigenvalue weighted by Crippen LogP contribution is 2.39. The smallest absolute Gasteiger partial charge is 0.537 e. The average molecular weight is 241 g/mol.